The third kappa shape index (κ3) is 3.89. The molecule has 1 aromatic carbocycles. The molecule has 1 unspecified atom stereocenters. The summed E-state index contributed by atoms with van der Waals surface area (Å²) in [6, 6.07) is 13.5. The van der Waals surface area contributed by atoms with Crippen molar-refractivity contribution in [1.29, 1.82) is 5.26 Å². The summed E-state index contributed by atoms with van der Waals surface area (Å²) in [6.45, 7) is 1.75. The van der Waals surface area contributed by atoms with Crippen LogP contribution in [0.25, 0.3) is 22.0 Å². The minimum atomic E-state index is -0.473. The van der Waals surface area contributed by atoms with Crippen molar-refractivity contribution in [2.75, 3.05) is 11.1 Å². The lowest BCUT2D eigenvalue weighted by atomic mass is 9.98. The molecule has 1 fully saturated rings. The molecule has 2 aromatic heterocycles. The lowest BCUT2D eigenvalue weighted by molar-refractivity contribution is -0.117. The van der Waals surface area contributed by atoms with Gasteiger partial charge in [-0.15, -0.1) is 0 Å². The van der Waals surface area contributed by atoms with Gasteiger partial charge in [0.05, 0.1) is 29.7 Å². The number of fused-ring (bicyclic) bond motifs is 1. The first kappa shape index (κ1) is 18.8. The lowest BCUT2D eigenvalue weighted by Gasteiger charge is -2.13. The van der Waals surface area contributed by atoms with E-state index in [-0.39, 0.29) is 17.7 Å². The largest absolute Gasteiger partial charge is 0.393 e. The van der Waals surface area contributed by atoms with Crippen LogP contribution < -0.4 is 11.1 Å². The van der Waals surface area contributed by atoms with Crippen LogP contribution in [0.2, 0.25) is 0 Å². The first-order chi connectivity index (χ1) is 14.0. The van der Waals surface area contributed by atoms with Crippen LogP contribution in [0.3, 0.4) is 0 Å². The van der Waals surface area contributed by atoms with E-state index in [0.29, 0.717) is 35.6 Å². The minimum Gasteiger partial charge on any atom is -0.393 e. The average Bonchev–Trinajstić information content (AvgIpc) is 3.48. The second kappa shape index (κ2) is 7.49. The number of carbonyl (C=O) groups is 1. The summed E-state index contributed by atoms with van der Waals surface area (Å²) in [4.78, 5) is 21.0. The van der Waals surface area contributed by atoms with E-state index in [0.717, 1.165) is 16.5 Å². The fraction of sp³-hybridized carbons (Fsp3) is 0.273. The highest BCUT2D eigenvalue weighted by molar-refractivity contribution is 5.98. The first-order valence-electron chi connectivity index (χ1n) is 9.49. The molecule has 2 heterocycles. The summed E-state index contributed by atoms with van der Waals surface area (Å²) in [5.74, 6) is 0.115. The number of rotatable bonds is 5. The highest BCUT2D eigenvalue weighted by atomic mass is 16.3. The molecule has 4 rings (SSSR count). The van der Waals surface area contributed by atoms with Gasteiger partial charge in [0.1, 0.15) is 11.6 Å². The molecule has 7 nitrogen and oxygen atoms in total. The first-order valence-corrected chi connectivity index (χ1v) is 9.49. The van der Waals surface area contributed by atoms with Crippen molar-refractivity contribution < 1.29 is 9.90 Å². The number of aromatic nitrogens is 2. The third-order valence-corrected chi connectivity index (χ3v) is 5.10. The molecule has 0 aliphatic heterocycles. The van der Waals surface area contributed by atoms with Gasteiger partial charge in [0.25, 0.3) is 0 Å². The molecule has 1 aliphatic rings. The van der Waals surface area contributed by atoms with Crippen molar-refractivity contribution in [3.05, 3.63) is 48.2 Å². The van der Waals surface area contributed by atoms with Gasteiger partial charge in [-0.3, -0.25) is 4.79 Å². The molecule has 29 heavy (non-hydrogen) atoms. The van der Waals surface area contributed by atoms with E-state index >= 15 is 0 Å². The summed E-state index contributed by atoms with van der Waals surface area (Å²) < 4.78 is 0. The van der Waals surface area contributed by atoms with Gasteiger partial charge in [0.15, 0.2) is 0 Å². The zero-order valence-electron chi connectivity index (χ0n) is 16.0. The summed E-state index contributed by atoms with van der Waals surface area (Å²) in [6.07, 6.45) is 2.22. The number of hydrogen-bond donors (Lipinski definition) is 3. The van der Waals surface area contributed by atoms with Crippen LogP contribution in [0.5, 0.6) is 0 Å². The van der Waals surface area contributed by atoms with Crippen LogP contribution in [0, 0.1) is 23.2 Å². The van der Waals surface area contributed by atoms with Crippen molar-refractivity contribution in [3.63, 3.8) is 0 Å². The van der Waals surface area contributed by atoms with Gasteiger partial charge in [-0.05, 0) is 42.8 Å². The molecule has 0 radical (unpaired) electrons. The van der Waals surface area contributed by atoms with Crippen molar-refractivity contribution in [2.24, 2.45) is 11.8 Å². The van der Waals surface area contributed by atoms with E-state index in [9.17, 15) is 9.90 Å². The number of amides is 1. The number of carbonyl (C=O) groups excluding carboxylic acids is 1. The molecular formula is C22H21N5O2. The van der Waals surface area contributed by atoms with Gasteiger partial charge in [-0.2, -0.15) is 5.26 Å². The molecule has 0 saturated heterocycles. The monoisotopic (exact) mass is 387 g/mol. The van der Waals surface area contributed by atoms with Crippen LogP contribution in [-0.2, 0) is 11.2 Å². The standard InChI is InChI=1S/C22H21N5O2/c1-12(28)6-13-4-2-3-5-16(13)19-8-14-9-20(25-11-18(14)21(24)26-19)27-22(29)17-7-15(17)10-23/h2-5,8-9,11-12,15,17,28H,6-7H2,1H3,(H2,24,26)(H,25,27,29)/t12?,15-,17+/m0/s1. The smallest absolute Gasteiger partial charge is 0.230 e. The number of aliphatic hydroxyl groups is 1. The zero-order valence-corrected chi connectivity index (χ0v) is 16.0. The second-order valence-corrected chi connectivity index (χ2v) is 7.46. The molecule has 1 amide bonds. The molecule has 1 aliphatic carbocycles. The third-order valence-electron chi connectivity index (χ3n) is 5.10. The number of hydrogen-bond acceptors (Lipinski definition) is 6. The number of nitrogens with one attached hydrogen (secondary N) is 1. The summed E-state index contributed by atoms with van der Waals surface area (Å²) in [5.41, 5.74) is 8.74. The van der Waals surface area contributed by atoms with Crippen molar-refractivity contribution >= 4 is 28.3 Å². The van der Waals surface area contributed by atoms with Crippen LogP contribution in [0.1, 0.15) is 18.9 Å². The van der Waals surface area contributed by atoms with Gasteiger partial charge in [-0.1, -0.05) is 24.3 Å². The summed E-state index contributed by atoms with van der Waals surface area (Å²) in [7, 11) is 0. The lowest BCUT2D eigenvalue weighted by Crippen LogP contribution is -2.15. The van der Waals surface area contributed by atoms with Crippen LogP contribution in [0.4, 0.5) is 11.6 Å². The number of nitriles is 1. The Morgan fingerprint density at radius 3 is 2.93 bits per heavy atom. The van der Waals surface area contributed by atoms with E-state index in [1.54, 1.807) is 19.2 Å². The van der Waals surface area contributed by atoms with Gasteiger partial charge >= 0.3 is 0 Å². The fourth-order valence-electron chi connectivity index (χ4n) is 3.49. The van der Waals surface area contributed by atoms with E-state index in [2.05, 4.69) is 21.4 Å². The quantitative estimate of drug-likeness (QED) is 0.618. The molecule has 3 atom stereocenters. The molecule has 1 saturated carbocycles. The van der Waals surface area contributed by atoms with Crippen molar-refractivity contribution in [2.45, 2.75) is 25.9 Å². The summed E-state index contributed by atoms with van der Waals surface area (Å²) in [5, 5.41) is 23.0. The van der Waals surface area contributed by atoms with Crippen LogP contribution >= 0.6 is 0 Å². The molecule has 0 spiro atoms. The van der Waals surface area contributed by atoms with Crippen molar-refractivity contribution in [1.82, 2.24) is 9.97 Å². The number of nitrogens with two attached hydrogens (primary N) is 1. The Morgan fingerprint density at radius 1 is 1.41 bits per heavy atom. The minimum absolute atomic E-state index is 0.187. The van der Waals surface area contributed by atoms with Gasteiger partial charge in [0.2, 0.25) is 5.91 Å². The maximum atomic E-state index is 12.2. The molecule has 0 bridgehead atoms. The highest BCUT2D eigenvalue weighted by Crippen LogP contribution is 2.38. The molecule has 146 valence electrons. The molecule has 7 heteroatoms. The topological polar surface area (TPSA) is 125 Å². The molecule has 4 N–H and O–H groups in total. The van der Waals surface area contributed by atoms with E-state index in [1.807, 2.05) is 30.3 Å². The summed E-state index contributed by atoms with van der Waals surface area (Å²) >= 11 is 0. The van der Waals surface area contributed by atoms with Gasteiger partial charge in [0, 0.05) is 17.1 Å². The Morgan fingerprint density at radius 2 is 2.21 bits per heavy atom. The number of pyridine rings is 2. The Balaban J connectivity index is 1.69. The Hall–Kier alpha value is -3.50. The Labute approximate surface area is 168 Å². The number of nitrogens with zero attached hydrogens (tertiary/aromatic N) is 3. The van der Waals surface area contributed by atoms with Gasteiger partial charge < -0.3 is 16.2 Å². The van der Waals surface area contributed by atoms with E-state index < -0.39 is 6.10 Å². The number of benzene rings is 1. The fourth-order valence-corrected chi connectivity index (χ4v) is 3.49. The number of anilines is 2. The number of aliphatic hydroxyl groups excluding tert-OH is 1. The number of nitrogen functional groups attached to an aromatic ring is 1. The SMILES string of the molecule is CC(O)Cc1ccccc1-c1cc2cc(NC(=O)[C@@H]3C[C@H]3C#N)ncc2c(N)n1. The average molecular weight is 387 g/mol. The zero-order chi connectivity index (χ0) is 20.5. The van der Waals surface area contributed by atoms with Crippen LogP contribution in [-0.4, -0.2) is 27.1 Å². The second-order valence-electron chi connectivity index (χ2n) is 7.46. The normalized spacial score (nSPS) is 18.8. The van der Waals surface area contributed by atoms with E-state index in [4.69, 9.17) is 11.0 Å². The maximum absolute atomic E-state index is 12.2. The predicted molar refractivity (Wildman–Crippen MR) is 111 cm³/mol. The Kier molecular flexibility index (Phi) is 4.87. The van der Waals surface area contributed by atoms with Gasteiger partial charge in [-0.25, -0.2) is 9.97 Å². The van der Waals surface area contributed by atoms with Crippen LogP contribution in [0.15, 0.2) is 42.6 Å². The molecular weight excluding hydrogens is 366 g/mol. The predicted octanol–water partition coefficient (Wildman–Crippen LogP) is 2.90. The maximum Gasteiger partial charge on any atom is 0.230 e. The van der Waals surface area contributed by atoms with E-state index in [1.165, 1.54) is 0 Å². The Bertz CT molecular complexity index is 1140. The van der Waals surface area contributed by atoms with Crippen molar-refractivity contribution in [3.8, 4) is 17.3 Å². The molecule has 3 aromatic rings. The highest BCUT2D eigenvalue weighted by Gasteiger charge is 2.43.